The van der Waals surface area contributed by atoms with Crippen molar-refractivity contribution < 1.29 is 4.79 Å². The first-order valence-corrected chi connectivity index (χ1v) is 10.6. The maximum Gasteiger partial charge on any atom is 0.345 e. The van der Waals surface area contributed by atoms with Gasteiger partial charge in [-0.25, -0.2) is 14.5 Å². The number of nitrogens with one attached hydrogen (secondary N) is 1. The average Bonchev–Trinajstić information content (AvgIpc) is 3.39. The minimum Gasteiger partial charge on any atom is -0.301 e. The summed E-state index contributed by atoms with van der Waals surface area (Å²) < 4.78 is 3.45. The van der Waals surface area contributed by atoms with E-state index in [4.69, 9.17) is 0 Å². The normalized spacial score (nSPS) is 19.6. The first kappa shape index (κ1) is 18.4. The van der Waals surface area contributed by atoms with Crippen molar-refractivity contribution in [2.24, 2.45) is 7.05 Å². The molecule has 0 radical (unpaired) electrons. The number of hydrogen-bond donors (Lipinski definition) is 1. The summed E-state index contributed by atoms with van der Waals surface area (Å²) >= 11 is 1.42. The number of carbonyl (C=O) groups is 1. The van der Waals surface area contributed by atoms with Crippen molar-refractivity contribution >= 4 is 22.4 Å². The van der Waals surface area contributed by atoms with Crippen LogP contribution < -0.4 is 11.0 Å². The van der Waals surface area contributed by atoms with Gasteiger partial charge in [-0.2, -0.15) is 5.10 Å². The molecule has 0 spiro atoms. The third-order valence-corrected chi connectivity index (χ3v) is 6.36. The van der Waals surface area contributed by atoms with Gasteiger partial charge in [0.2, 0.25) is 5.91 Å². The molecular formula is C18H26N6O2S. The Morgan fingerprint density at radius 3 is 2.67 bits per heavy atom. The highest BCUT2D eigenvalue weighted by Crippen LogP contribution is 2.33. The topological polar surface area (TPSA) is 85.1 Å². The van der Waals surface area contributed by atoms with E-state index in [-0.39, 0.29) is 17.5 Å². The van der Waals surface area contributed by atoms with Crippen molar-refractivity contribution in [3.8, 4) is 0 Å². The predicted molar refractivity (Wildman–Crippen MR) is 104 cm³/mol. The van der Waals surface area contributed by atoms with Crippen LogP contribution in [0.3, 0.4) is 0 Å². The fourth-order valence-electron chi connectivity index (χ4n) is 4.28. The van der Waals surface area contributed by atoms with Crippen molar-refractivity contribution in [3.63, 3.8) is 0 Å². The maximum atomic E-state index is 12.6. The first-order chi connectivity index (χ1) is 13.1. The van der Waals surface area contributed by atoms with Crippen LogP contribution in [-0.4, -0.2) is 49.8 Å². The lowest BCUT2D eigenvalue weighted by molar-refractivity contribution is -0.117. The zero-order chi connectivity index (χ0) is 18.8. The number of hydrogen-bond acceptors (Lipinski definition) is 6. The van der Waals surface area contributed by atoms with Crippen LogP contribution in [0.2, 0.25) is 0 Å². The van der Waals surface area contributed by atoms with Gasteiger partial charge in [-0.15, -0.1) is 11.3 Å². The SMILES string of the molecule is Cn1nc(C2CCN(CC(=O)Nc3nccs3)CC2)n(C2CCCC2)c1=O. The van der Waals surface area contributed by atoms with E-state index in [0.717, 1.165) is 44.6 Å². The molecule has 2 aromatic heterocycles. The second-order valence-electron chi connectivity index (χ2n) is 7.51. The van der Waals surface area contributed by atoms with Crippen LogP contribution in [0.5, 0.6) is 0 Å². The number of likely N-dealkylation sites (tertiary alicyclic amines) is 1. The van der Waals surface area contributed by atoms with Gasteiger partial charge in [0.1, 0.15) is 5.82 Å². The number of thiazole rings is 1. The van der Waals surface area contributed by atoms with Gasteiger partial charge in [-0.3, -0.25) is 14.3 Å². The fourth-order valence-corrected chi connectivity index (χ4v) is 4.82. The molecule has 8 nitrogen and oxygen atoms in total. The highest BCUT2D eigenvalue weighted by atomic mass is 32.1. The van der Waals surface area contributed by atoms with Gasteiger partial charge in [0, 0.05) is 30.6 Å². The summed E-state index contributed by atoms with van der Waals surface area (Å²) in [6.07, 6.45) is 8.07. The Kier molecular flexibility index (Phi) is 5.40. The number of aryl methyl sites for hydroxylation is 1. The Labute approximate surface area is 162 Å². The predicted octanol–water partition coefficient (Wildman–Crippen LogP) is 1.97. The molecule has 0 aromatic carbocycles. The summed E-state index contributed by atoms with van der Waals surface area (Å²) in [5.74, 6) is 1.21. The molecular weight excluding hydrogens is 364 g/mol. The van der Waals surface area contributed by atoms with Crippen molar-refractivity contribution in [2.75, 3.05) is 25.0 Å². The zero-order valence-corrected chi connectivity index (χ0v) is 16.5. The lowest BCUT2D eigenvalue weighted by atomic mass is 9.95. The smallest absolute Gasteiger partial charge is 0.301 e. The largest absolute Gasteiger partial charge is 0.345 e. The Balaban J connectivity index is 1.37. The number of rotatable bonds is 5. The Morgan fingerprint density at radius 1 is 1.26 bits per heavy atom. The van der Waals surface area contributed by atoms with Crippen molar-refractivity contribution in [2.45, 2.75) is 50.5 Å². The van der Waals surface area contributed by atoms with Gasteiger partial charge in [-0.05, 0) is 38.8 Å². The number of aromatic nitrogens is 4. The molecule has 3 heterocycles. The van der Waals surface area contributed by atoms with E-state index in [1.54, 1.807) is 13.2 Å². The highest BCUT2D eigenvalue weighted by molar-refractivity contribution is 7.13. The van der Waals surface area contributed by atoms with E-state index in [1.807, 2.05) is 9.95 Å². The summed E-state index contributed by atoms with van der Waals surface area (Å²) in [5.41, 5.74) is 0.0159. The third kappa shape index (κ3) is 3.98. The van der Waals surface area contributed by atoms with Crippen LogP contribution in [0.15, 0.2) is 16.4 Å². The van der Waals surface area contributed by atoms with Crippen LogP contribution >= 0.6 is 11.3 Å². The van der Waals surface area contributed by atoms with Crippen LogP contribution in [0.4, 0.5) is 5.13 Å². The quantitative estimate of drug-likeness (QED) is 0.844. The molecule has 4 rings (SSSR count). The average molecular weight is 391 g/mol. The van der Waals surface area contributed by atoms with Crippen molar-refractivity contribution in [3.05, 3.63) is 27.9 Å². The van der Waals surface area contributed by atoms with Gasteiger partial charge < -0.3 is 5.32 Å². The number of amides is 1. The molecule has 1 N–H and O–H groups in total. The molecule has 2 aliphatic rings. The monoisotopic (exact) mass is 390 g/mol. The number of nitrogens with zero attached hydrogens (tertiary/aromatic N) is 5. The minimum atomic E-state index is -0.0240. The summed E-state index contributed by atoms with van der Waals surface area (Å²) in [4.78, 5) is 31.0. The van der Waals surface area contributed by atoms with E-state index in [1.165, 1.54) is 28.9 Å². The van der Waals surface area contributed by atoms with Gasteiger partial charge in [0.05, 0.1) is 6.54 Å². The standard InChI is InChI=1S/C18H26N6O2S/c1-22-18(26)24(14-4-2-3-5-14)16(21-22)13-6-9-23(10-7-13)12-15(25)20-17-19-8-11-27-17/h8,11,13-14H,2-7,9-10,12H2,1H3,(H,19,20,25). The second-order valence-corrected chi connectivity index (χ2v) is 8.40. The number of piperidine rings is 1. The molecule has 1 saturated carbocycles. The lowest BCUT2D eigenvalue weighted by Gasteiger charge is -2.31. The van der Waals surface area contributed by atoms with E-state index in [0.29, 0.717) is 17.7 Å². The number of carbonyl (C=O) groups excluding carboxylic acids is 1. The summed E-state index contributed by atoms with van der Waals surface area (Å²) in [6.45, 7) is 2.06. The Hall–Kier alpha value is -2.00. The molecule has 1 amide bonds. The van der Waals surface area contributed by atoms with Gasteiger partial charge in [-0.1, -0.05) is 12.8 Å². The molecule has 1 aliphatic carbocycles. The van der Waals surface area contributed by atoms with E-state index in [2.05, 4.69) is 20.3 Å². The highest BCUT2D eigenvalue weighted by Gasteiger charge is 2.30. The molecule has 2 aromatic rings. The fraction of sp³-hybridized carbons (Fsp3) is 0.667. The minimum absolute atomic E-state index is 0.0159. The summed E-state index contributed by atoms with van der Waals surface area (Å²) in [6, 6.07) is 0.309. The molecule has 9 heteroatoms. The van der Waals surface area contributed by atoms with E-state index < -0.39 is 0 Å². The number of anilines is 1. The van der Waals surface area contributed by atoms with Crippen LogP contribution in [0, 0.1) is 0 Å². The molecule has 27 heavy (non-hydrogen) atoms. The first-order valence-electron chi connectivity index (χ1n) is 9.69. The molecule has 1 saturated heterocycles. The molecule has 0 bridgehead atoms. The van der Waals surface area contributed by atoms with Gasteiger partial charge in [0.15, 0.2) is 5.13 Å². The van der Waals surface area contributed by atoms with Gasteiger partial charge in [0.25, 0.3) is 0 Å². The lowest BCUT2D eigenvalue weighted by Crippen LogP contribution is -2.39. The molecule has 0 unspecified atom stereocenters. The Bertz CT molecular complexity index is 829. The summed E-state index contributed by atoms with van der Waals surface area (Å²) in [7, 11) is 1.75. The second kappa shape index (κ2) is 7.93. The van der Waals surface area contributed by atoms with Crippen molar-refractivity contribution in [1.29, 1.82) is 0 Å². The molecule has 2 fully saturated rings. The zero-order valence-electron chi connectivity index (χ0n) is 15.6. The van der Waals surface area contributed by atoms with E-state index >= 15 is 0 Å². The third-order valence-electron chi connectivity index (χ3n) is 5.67. The van der Waals surface area contributed by atoms with Crippen LogP contribution in [-0.2, 0) is 11.8 Å². The molecule has 146 valence electrons. The Morgan fingerprint density at radius 2 is 2.00 bits per heavy atom. The van der Waals surface area contributed by atoms with Crippen LogP contribution in [0.1, 0.15) is 56.3 Å². The summed E-state index contributed by atoms with van der Waals surface area (Å²) in [5, 5.41) is 9.90. The van der Waals surface area contributed by atoms with E-state index in [9.17, 15) is 9.59 Å². The van der Waals surface area contributed by atoms with Crippen LogP contribution in [0.25, 0.3) is 0 Å². The molecule has 1 aliphatic heterocycles. The van der Waals surface area contributed by atoms with Crippen molar-refractivity contribution in [1.82, 2.24) is 24.2 Å². The molecule has 0 atom stereocenters. The maximum absolute atomic E-state index is 12.6. The van der Waals surface area contributed by atoms with Gasteiger partial charge >= 0.3 is 5.69 Å².